The third kappa shape index (κ3) is 46.4. The van der Waals surface area contributed by atoms with E-state index in [1.54, 1.807) is 17.4 Å². The van der Waals surface area contributed by atoms with Crippen LogP contribution in [0.4, 0.5) is 0 Å². The van der Waals surface area contributed by atoms with Crippen LogP contribution in [-0.2, 0) is 20.7 Å². The van der Waals surface area contributed by atoms with Gasteiger partial charge in [-0.3, -0.25) is 4.79 Å². The summed E-state index contributed by atoms with van der Waals surface area (Å²) in [6, 6.07) is 15.8. The van der Waals surface area contributed by atoms with Crippen LogP contribution in [0.3, 0.4) is 0 Å². The minimum Gasteiger partial charge on any atom is -0.507 e. The first-order chi connectivity index (χ1) is 23.3. The molecule has 0 fully saturated rings. The topological polar surface area (TPSA) is 147 Å². The number of Topliss-reactive ketones (excluding diaryl/α,β-unsaturated/α-hetero) is 1. The summed E-state index contributed by atoms with van der Waals surface area (Å²) in [5.41, 5.74) is 8.43. The van der Waals surface area contributed by atoms with Crippen LogP contribution in [0.15, 0.2) is 42.5 Å². The van der Waals surface area contributed by atoms with Crippen molar-refractivity contribution in [2.45, 2.75) is 122 Å². The molecular formula is C40H69N3O5S. The van der Waals surface area contributed by atoms with Crippen LogP contribution in [0.25, 0.3) is 10.2 Å². The lowest BCUT2D eigenvalue weighted by atomic mass is 10.1. The third-order valence-corrected chi connectivity index (χ3v) is 5.75. The number of hydrogen-bond acceptors (Lipinski definition) is 9. The molecule has 3 aromatic rings. The standard InChI is InChI=1S/C9H12O.C8H17NO2.C8H7NS.C3H6O.C3H8O.C3H8.C2H3N.C2H6.C2H2/c1-3-8-6-4-5-7(2)9(8)10;1-7(4-3-5-9)6-11-8(2)10;1-6-9-7-4-2-3-5-8(7)10-6;1-3(2)4;1-2-3-4;1-3-2;1-2-3;2*1-2/h4-6,10H,3H2,1-2H3;7H,3-6,9H2,1-2H3;2-5H,1H3;1-2H3;4H,2-3H2,1H3;3H2,1-2H3;1H3;1-2H3;1-2H. The zero-order chi connectivity index (χ0) is 39.6. The number of fused-ring (bicyclic) bond motifs is 1. The molecule has 0 aliphatic carbocycles. The van der Waals surface area contributed by atoms with Crippen LogP contribution < -0.4 is 5.73 Å². The lowest BCUT2D eigenvalue weighted by Gasteiger charge is -2.09. The average Bonchev–Trinajstić information content (AvgIpc) is 3.47. The lowest BCUT2D eigenvalue weighted by molar-refractivity contribution is -0.142. The predicted molar refractivity (Wildman–Crippen MR) is 213 cm³/mol. The van der Waals surface area contributed by atoms with Gasteiger partial charge in [0.05, 0.1) is 27.9 Å². The number of benzene rings is 2. The number of carbonyl (C=O) groups is 2. The molecule has 9 heteroatoms. The van der Waals surface area contributed by atoms with E-state index in [9.17, 15) is 14.7 Å². The van der Waals surface area contributed by atoms with E-state index in [-0.39, 0.29) is 11.8 Å². The van der Waals surface area contributed by atoms with E-state index in [2.05, 4.69) is 44.7 Å². The summed E-state index contributed by atoms with van der Waals surface area (Å²) in [7, 11) is 0. The van der Waals surface area contributed by atoms with E-state index in [1.165, 1.54) is 38.8 Å². The molecule has 3 rings (SSSR count). The zero-order valence-corrected chi connectivity index (χ0v) is 33.7. The van der Waals surface area contributed by atoms with Gasteiger partial charge in [0, 0.05) is 20.5 Å². The Bertz CT molecular complexity index is 1160. The fourth-order valence-electron chi connectivity index (χ4n) is 2.80. The quantitative estimate of drug-likeness (QED) is 0.163. The first-order valence-corrected chi connectivity index (χ1v) is 17.7. The Hall–Kier alpha value is -3.76. The van der Waals surface area contributed by atoms with Gasteiger partial charge < -0.3 is 25.5 Å². The molecule has 0 aliphatic rings. The van der Waals surface area contributed by atoms with E-state index in [0.29, 0.717) is 31.4 Å². The Morgan fingerprint density at radius 2 is 1.49 bits per heavy atom. The van der Waals surface area contributed by atoms with Crippen molar-refractivity contribution in [3.63, 3.8) is 0 Å². The van der Waals surface area contributed by atoms with Crippen molar-refractivity contribution in [1.29, 1.82) is 5.26 Å². The van der Waals surface area contributed by atoms with Gasteiger partial charge >= 0.3 is 5.97 Å². The second-order valence-corrected chi connectivity index (χ2v) is 11.3. The van der Waals surface area contributed by atoms with Crippen LogP contribution >= 0.6 is 11.3 Å². The summed E-state index contributed by atoms with van der Waals surface area (Å²) in [5.74, 6) is 0.844. The minimum atomic E-state index is -0.204. The molecule has 0 spiro atoms. The largest absolute Gasteiger partial charge is 0.507 e. The number of para-hydroxylation sites is 2. The SMILES string of the molecule is C#C.CC.CC#N.CC(=O)OCC(C)CCCN.CC(C)=O.CCC.CCCO.CCc1cccc(C)c1O.Cc1nc2ccccc2s1. The lowest BCUT2D eigenvalue weighted by Crippen LogP contribution is -2.11. The first-order valence-electron chi connectivity index (χ1n) is 16.9. The molecular weight excluding hydrogens is 635 g/mol. The number of nitrogens with zero attached hydrogens (tertiary/aromatic N) is 2. The molecule has 0 saturated heterocycles. The maximum atomic E-state index is 10.4. The van der Waals surface area contributed by atoms with Gasteiger partial charge in [0.1, 0.15) is 11.5 Å². The summed E-state index contributed by atoms with van der Waals surface area (Å²) in [4.78, 5) is 24.2. The maximum Gasteiger partial charge on any atom is 0.302 e. The number of aliphatic hydroxyl groups is 1. The van der Waals surface area contributed by atoms with Gasteiger partial charge in [-0.05, 0) is 89.1 Å². The molecule has 0 saturated carbocycles. The minimum absolute atomic E-state index is 0.167. The number of aliphatic hydroxyl groups excluding tert-OH is 1. The highest BCUT2D eigenvalue weighted by atomic mass is 32.1. The van der Waals surface area contributed by atoms with Gasteiger partial charge in [-0.1, -0.05) is 85.2 Å². The molecule has 1 atom stereocenters. The number of ketones is 1. The highest BCUT2D eigenvalue weighted by molar-refractivity contribution is 7.18. The third-order valence-electron chi connectivity index (χ3n) is 4.80. The van der Waals surface area contributed by atoms with Crippen molar-refractivity contribution >= 4 is 33.3 Å². The number of aromatic nitrogens is 1. The second-order valence-electron chi connectivity index (χ2n) is 10.0. The molecule has 0 bridgehead atoms. The molecule has 0 amide bonds. The number of carbonyl (C=O) groups excluding carboxylic acids is 2. The van der Waals surface area contributed by atoms with Crippen LogP contribution in [0.5, 0.6) is 5.75 Å². The fraction of sp³-hybridized carbons (Fsp3) is 0.550. The summed E-state index contributed by atoms with van der Waals surface area (Å²) in [5, 5.41) is 25.7. The normalized spacial score (nSPS) is 8.82. The highest BCUT2D eigenvalue weighted by Crippen LogP contribution is 2.21. The van der Waals surface area contributed by atoms with Crippen molar-refractivity contribution in [3.05, 3.63) is 58.6 Å². The van der Waals surface area contributed by atoms with Gasteiger partial charge in [-0.2, -0.15) is 5.26 Å². The number of aryl methyl sites for hydroxylation is 3. The van der Waals surface area contributed by atoms with E-state index in [4.69, 9.17) is 20.8 Å². The number of nitrogens with two attached hydrogens (primary N) is 1. The van der Waals surface area contributed by atoms with Gasteiger partial charge in [0.25, 0.3) is 0 Å². The first kappa shape index (κ1) is 57.5. The predicted octanol–water partition coefficient (Wildman–Crippen LogP) is 10.00. The number of ether oxygens (including phenoxy) is 1. The number of thiazole rings is 1. The van der Waals surface area contributed by atoms with Gasteiger partial charge in [-0.25, -0.2) is 4.98 Å². The van der Waals surface area contributed by atoms with E-state index < -0.39 is 0 Å². The van der Waals surface area contributed by atoms with Crippen molar-refractivity contribution < 1.29 is 24.5 Å². The number of phenols is 1. The van der Waals surface area contributed by atoms with Crippen molar-refractivity contribution in [2.24, 2.45) is 11.7 Å². The van der Waals surface area contributed by atoms with Crippen molar-refractivity contribution in [1.82, 2.24) is 4.98 Å². The number of esters is 1. The molecule has 0 aliphatic heterocycles. The second kappa shape index (κ2) is 46.4. The molecule has 1 unspecified atom stereocenters. The van der Waals surface area contributed by atoms with Crippen molar-refractivity contribution in [2.75, 3.05) is 19.8 Å². The summed E-state index contributed by atoms with van der Waals surface area (Å²) >= 11 is 1.74. The average molecular weight is 704 g/mol. The molecule has 49 heavy (non-hydrogen) atoms. The van der Waals surface area contributed by atoms with Gasteiger partial charge in [0.2, 0.25) is 0 Å². The number of nitriles is 1. The molecule has 4 N–H and O–H groups in total. The Morgan fingerprint density at radius 3 is 1.86 bits per heavy atom. The van der Waals surface area contributed by atoms with Crippen LogP contribution in [0.2, 0.25) is 0 Å². The number of hydrogen-bond donors (Lipinski definition) is 3. The molecule has 2 aromatic carbocycles. The number of terminal acetylenes is 1. The molecule has 8 nitrogen and oxygen atoms in total. The van der Waals surface area contributed by atoms with E-state index in [1.807, 2.05) is 77.9 Å². The van der Waals surface area contributed by atoms with Crippen LogP contribution in [0.1, 0.15) is 118 Å². The summed E-state index contributed by atoms with van der Waals surface area (Å²) in [6.45, 7) is 25.7. The Morgan fingerprint density at radius 1 is 1.02 bits per heavy atom. The van der Waals surface area contributed by atoms with Crippen LogP contribution in [0, 0.1) is 43.9 Å². The van der Waals surface area contributed by atoms with Crippen molar-refractivity contribution in [3.8, 4) is 24.7 Å². The maximum absolute atomic E-state index is 10.4. The van der Waals surface area contributed by atoms with Crippen LogP contribution in [-0.4, -0.2) is 46.7 Å². The summed E-state index contributed by atoms with van der Waals surface area (Å²) in [6.07, 6.45) is 13.1. The monoisotopic (exact) mass is 703 g/mol. The van der Waals surface area contributed by atoms with Gasteiger partial charge in [0.15, 0.2) is 0 Å². The van der Waals surface area contributed by atoms with E-state index in [0.717, 1.165) is 47.3 Å². The molecule has 1 heterocycles. The number of aromatic hydroxyl groups is 1. The fourth-order valence-corrected chi connectivity index (χ4v) is 3.63. The molecule has 0 radical (unpaired) electrons. The Kier molecular flexibility index (Phi) is 54.4. The summed E-state index contributed by atoms with van der Waals surface area (Å²) < 4.78 is 6.10. The smallest absolute Gasteiger partial charge is 0.302 e. The highest BCUT2D eigenvalue weighted by Gasteiger charge is 2.02. The number of phenolic OH excluding ortho intramolecular Hbond substituents is 1. The number of rotatable bonds is 7. The van der Waals surface area contributed by atoms with Gasteiger partial charge in [-0.15, -0.1) is 24.2 Å². The zero-order valence-electron chi connectivity index (χ0n) is 32.9. The Balaban J connectivity index is -0.000000114. The van der Waals surface area contributed by atoms with E-state index >= 15 is 0 Å². The Labute approximate surface area is 304 Å². The molecule has 280 valence electrons. The molecule has 1 aromatic heterocycles.